The number of rotatable bonds is 3. The molecule has 6 heteroatoms. The second kappa shape index (κ2) is 5.97. The molecule has 1 fully saturated rings. The minimum absolute atomic E-state index is 0.552. The topological polar surface area (TPSA) is 70.3 Å². The van der Waals surface area contributed by atoms with Gasteiger partial charge < -0.3 is 20.9 Å². The molecule has 3 N–H and O–H groups in total. The predicted molar refractivity (Wildman–Crippen MR) is 85.9 cm³/mol. The predicted octanol–water partition coefficient (Wildman–Crippen LogP) is 1.55. The largest absolute Gasteiger partial charge is 0.396 e. The Hall–Kier alpha value is -2.34. The van der Waals surface area contributed by atoms with Crippen LogP contribution in [0.25, 0.3) is 0 Å². The molecule has 2 heterocycles. The molecule has 1 aromatic carbocycles. The van der Waals surface area contributed by atoms with Crippen molar-refractivity contribution in [2.24, 2.45) is 0 Å². The standard InChI is InChI=1S/C15H20N6/c1-20-6-8-21(9-7-20)14-4-2-13(3-5-14)19-15-17-10-12(16)11-18-15/h2-5,10-11H,6-9,16H2,1H3,(H,17,18,19). The Kier molecular flexibility index (Phi) is 3.87. The van der Waals surface area contributed by atoms with Crippen LogP contribution in [0.1, 0.15) is 0 Å². The van der Waals surface area contributed by atoms with Crippen LogP contribution < -0.4 is 16.0 Å². The number of nitrogens with one attached hydrogen (secondary N) is 1. The number of nitrogens with zero attached hydrogens (tertiary/aromatic N) is 4. The van der Waals surface area contributed by atoms with Gasteiger partial charge in [0, 0.05) is 37.6 Å². The van der Waals surface area contributed by atoms with Crippen LogP contribution in [0.15, 0.2) is 36.7 Å². The number of aromatic nitrogens is 2. The first-order chi connectivity index (χ1) is 10.2. The molecule has 1 aliphatic rings. The van der Waals surface area contributed by atoms with Crippen molar-refractivity contribution in [3.63, 3.8) is 0 Å². The Labute approximate surface area is 124 Å². The highest BCUT2D eigenvalue weighted by Gasteiger charge is 2.13. The van der Waals surface area contributed by atoms with E-state index in [1.165, 1.54) is 5.69 Å². The molecule has 1 aromatic heterocycles. The molecule has 21 heavy (non-hydrogen) atoms. The second-order valence-corrected chi connectivity index (χ2v) is 5.30. The zero-order valence-electron chi connectivity index (χ0n) is 12.2. The number of hydrogen-bond donors (Lipinski definition) is 2. The first-order valence-corrected chi connectivity index (χ1v) is 7.09. The van der Waals surface area contributed by atoms with Crippen LogP contribution >= 0.6 is 0 Å². The van der Waals surface area contributed by atoms with Gasteiger partial charge in [-0.2, -0.15) is 0 Å². The van der Waals surface area contributed by atoms with Gasteiger partial charge >= 0.3 is 0 Å². The van der Waals surface area contributed by atoms with Gasteiger partial charge in [0.15, 0.2) is 0 Å². The van der Waals surface area contributed by atoms with Crippen LogP contribution in [0.3, 0.4) is 0 Å². The molecule has 1 aliphatic heterocycles. The summed E-state index contributed by atoms with van der Waals surface area (Å²) >= 11 is 0. The van der Waals surface area contributed by atoms with Crippen molar-refractivity contribution in [1.82, 2.24) is 14.9 Å². The van der Waals surface area contributed by atoms with Gasteiger partial charge in [-0.1, -0.05) is 0 Å². The molecular weight excluding hydrogens is 264 g/mol. The molecule has 110 valence electrons. The van der Waals surface area contributed by atoms with Crippen LogP contribution in [0.4, 0.5) is 23.0 Å². The number of piperazine rings is 1. The minimum Gasteiger partial charge on any atom is -0.396 e. The minimum atomic E-state index is 0.552. The molecule has 0 amide bonds. The van der Waals surface area contributed by atoms with Gasteiger partial charge in [0.1, 0.15) is 0 Å². The fraction of sp³-hybridized carbons (Fsp3) is 0.333. The SMILES string of the molecule is CN1CCN(c2ccc(Nc3ncc(N)cn3)cc2)CC1. The van der Waals surface area contributed by atoms with Crippen molar-refractivity contribution >= 4 is 23.0 Å². The Balaban J connectivity index is 1.65. The summed E-state index contributed by atoms with van der Waals surface area (Å²) in [5.74, 6) is 0.552. The summed E-state index contributed by atoms with van der Waals surface area (Å²) in [6, 6.07) is 8.36. The summed E-state index contributed by atoms with van der Waals surface area (Å²) in [5.41, 5.74) is 8.36. The molecule has 1 saturated heterocycles. The molecule has 3 rings (SSSR count). The van der Waals surface area contributed by atoms with Crippen LogP contribution in [-0.2, 0) is 0 Å². The zero-order chi connectivity index (χ0) is 14.7. The second-order valence-electron chi connectivity index (χ2n) is 5.30. The Morgan fingerprint density at radius 1 is 1.00 bits per heavy atom. The number of nitrogen functional groups attached to an aromatic ring is 1. The van der Waals surface area contributed by atoms with E-state index in [1.807, 2.05) is 12.1 Å². The number of benzene rings is 1. The molecule has 0 aliphatic carbocycles. The zero-order valence-corrected chi connectivity index (χ0v) is 12.2. The first-order valence-electron chi connectivity index (χ1n) is 7.09. The van der Waals surface area contributed by atoms with E-state index in [1.54, 1.807) is 12.4 Å². The quantitative estimate of drug-likeness (QED) is 0.891. The lowest BCUT2D eigenvalue weighted by Gasteiger charge is -2.34. The van der Waals surface area contributed by atoms with Crippen LogP contribution in [0, 0.1) is 0 Å². The maximum absolute atomic E-state index is 5.57. The lowest BCUT2D eigenvalue weighted by Crippen LogP contribution is -2.44. The van der Waals surface area contributed by atoms with E-state index < -0.39 is 0 Å². The highest BCUT2D eigenvalue weighted by atomic mass is 15.2. The smallest absolute Gasteiger partial charge is 0.227 e. The van der Waals surface area contributed by atoms with Crippen molar-refractivity contribution < 1.29 is 0 Å². The van der Waals surface area contributed by atoms with Crippen LogP contribution in [0.5, 0.6) is 0 Å². The van der Waals surface area contributed by atoms with Gasteiger partial charge in [-0.25, -0.2) is 9.97 Å². The summed E-state index contributed by atoms with van der Waals surface area (Å²) in [6.45, 7) is 4.37. The van der Waals surface area contributed by atoms with E-state index in [4.69, 9.17) is 5.73 Å². The van der Waals surface area contributed by atoms with E-state index >= 15 is 0 Å². The maximum atomic E-state index is 5.57. The number of nitrogens with two attached hydrogens (primary N) is 1. The van der Waals surface area contributed by atoms with E-state index in [-0.39, 0.29) is 0 Å². The van der Waals surface area contributed by atoms with E-state index in [0.29, 0.717) is 11.6 Å². The first kappa shape index (κ1) is 13.6. The van der Waals surface area contributed by atoms with Gasteiger partial charge in [0.25, 0.3) is 0 Å². The summed E-state index contributed by atoms with van der Waals surface area (Å²) < 4.78 is 0. The van der Waals surface area contributed by atoms with E-state index in [2.05, 4.69) is 44.3 Å². The lowest BCUT2D eigenvalue weighted by atomic mass is 10.2. The molecule has 0 bridgehead atoms. The van der Waals surface area contributed by atoms with Gasteiger partial charge in [-0.05, 0) is 31.3 Å². The summed E-state index contributed by atoms with van der Waals surface area (Å²) in [4.78, 5) is 13.0. The van der Waals surface area contributed by atoms with Crippen molar-refractivity contribution in [3.05, 3.63) is 36.7 Å². The Morgan fingerprint density at radius 3 is 2.24 bits per heavy atom. The molecule has 0 unspecified atom stereocenters. The fourth-order valence-electron chi connectivity index (χ4n) is 2.35. The fourth-order valence-corrected chi connectivity index (χ4v) is 2.35. The molecule has 0 atom stereocenters. The maximum Gasteiger partial charge on any atom is 0.227 e. The van der Waals surface area contributed by atoms with Crippen LogP contribution in [-0.4, -0.2) is 48.1 Å². The number of anilines is 4. The molecular formula is C15H20N6. The Bertz CT molecular complexity index is 572. The third kappa shape index (κ3) is 3.41. The Morgan fingerprint density at radius 2 is 1.62 bits per heavy atom. The third-order valence-corrected chi connectivity index (χ3v) is 3.66. The average molecular weight is 284 g/mol. The van der Waals surface area contributed by atoms with E-state index in [9.17, 15) is 0 Å². The number of hydrogen-bond acceptors (Lipinski definition) is 6. The van der Waals surface area contributed by atoms with E-state index in [0.717, 1.165) is 31.9 Å². The van der Waals surface area contributed by atoms with Crippen molar-refractivity contribution in [2.75, 3.05) is 49.2 Å². The summed E-state index contributed by atoms with van der Waals surface area (Å²) in [6.07, 6.45) is 3.18. The van der Waals surface area contributed by atoms with Crippen molar-refractivity contribution in [3.8, 4) is 0 Å². The lowest BCUT2D eigenvalue weighted by molar-refractivity contribution is 0.313. The molecule has 2 aromatic rings. The van der Waals surface area contributed by atoms with Gasteiger partial charge in [0.2, 0.25) is 5.95 Å². The van der Waals surface area contributed by atoms with Gasteiger partial charge in [-0.3, -0.25) is 0 Å². The normalized spacial score (nSPS) is 16.0. The highest BCUT2D eigenvalue weighted by Crippen LogP contribution is 2.20. The van der Waals surface area contributed by atoms with Crippen molar-refractivity contribution in [2.45, 2.75) is 0 Å². The highest BCUT2D eigenvalue weighted by molar-refractivity contribution is 5.59. The summed E-state index contributed by atoms with van der Waals surface area (Å²) in [5, 5.41) is 3.16. The monoisotopic (exact) mass is 284 g/mol. The van der Waals surface area contributed by atoms with Gasteiger partial charge in [-0.15, -0.1) is 0 Å². The molecule has 0 spiro atoms. The molecule has 0 saturated carbocycles. The third-order valence-electron chi connectivity index (χ3n) is 3.66. The van der Waals surface area contributed by atoms with Crippen molar-refractivity contribution in [1.29, 1.82) is 0 Å². The molecule has 6 nitrogen and oxygen atoms in total. The average Bonchev–Trinajstić information content (AvgIpc) is 2.51. The van der Waals surface area contributed by atoms with Crippen LogP contribution in [0.2, 0.25) is 0 Å². The molecule has 0 radical (unpaired) electrons. The number of likely N-dealkylation sites (N-methyl/N-ethyl adjacent to an activating group) is 1. The summed E-state index contributed by atoms with van der Waals surface area (Å²) in [7, 11) is 2.16. The van der Waals surface area contributed by atoms with Gasteiger partial charge in [0.05, 0.1) is 18.1 Å².